The molecule has 0 bridgehead atoms. The van der Waals surface area contributed by atoms with Crippen molar-refractivity contribution < 1.29 is 4.79 Å². The summed E-state index contributed by atoms with van der Waals surface area (Å²) in [7, 11) is 0. The third-order valence-corrected chi connectivity index (χ3v) is 3.58. The predicted octanol–water partition coefficient (Wildman–Crippen LogP) is 2.97. The van der Waals surface area contributed by atoms with Gasteiger partial charge in [0, 0.05) is 16.5 Å². The smallest absolute Gasteiger partial charge is 0.253 e. The van der Waals surface area contributed by atoms with Crippen molar-refractivity contribution in [2.45, 2.75) is 6.92 Å². The van der Waals surface area contributed by atoms with Crippen molar-refractivity contribution in [3.8, 4) is 11.3 Å². The number of nitrogens with zero attached hydrogens (tertiary/aromatic N) is 3. The van der Waals surface area contributed by atoms with E-state index >= 15 is 0 Å². The van der Waals surface area contributed by atoms with E-state index in [9.17, 15) is 4.79 Å². The number of hydrogen-bond acceptors (Lipinski definition) is 4. The minimum Gasteiger partial charge on any atom is -0.289 e. The predicted molar refractivity (Wildman–Crippen MR) is 79.7 cm³/mol. The van der Waals surface area contributed by atoms with Gasteiger partial charge < -0.3 is 0 Å². The monoisotopic (exact) mass is 284 g/mol. The highest BCUT2D eigenvalue weighted by Gasteiger charge is 2.13. The van der Waals surface area contributed by atoms with Gasteiger partial charge in [0.05, 0.1) is 5.69 Å². The molecule has 0 unspecified atom stereocenters. The Balaban J connectivity index is 1.99. The summed E-state index contributed by atoms with van der Waals surface area (Å²) < 4.78 is 1.73. The SMILES string of the molecule is C=C(C)C(=O)Nc1nc2scc(-c3ccccc3)n2n1. The van der Waals surface area contributed by atoms with Gasteiger partial charge in [-0.05, 0) is 6.92 Å². The molecule has 20 heavy (non-hydrogen) atoms. The van der Waals surface area contributed by atoms with Crippen LogP contribution in [0.3, 0.4) is 0 Å². The normalized spacial score (nSPS) is 10.7. The average Bonchev–Trinajstić information content (AvgIpc) is 2.99. The number of carbonyl (C=O) groups excluding carboxylic acids is 1. The standard InChI is InChI=1S/C14H12N4OS/c1-9(2)12(19)15-13-16-14-18(17-13)11(8-20-14)10-6-4-3-5-7-10/h3-8H,1H2,2H3,(H,15,17,19). The topological polar surface area (TPSA) is 59.3 Å². The van der Waals surface area contributed by atoms with E-state index in [2.05, 4.69) is 22.0 Å². The van der Waals surface area contributed by atoms with Crippen molar-refractivity contribution in [2.75, 3.05) is 5.32 Å². The lowest BCUT2D eigenvalue weighted by Gasteiger charge is -1.99. The summed E-state index contributed by atoms with van der Waals surface area (Å²) in [6.07, 6.45) is 0. The van der Waals surface area contributed by atoms with Crippen LogP contribution in [0.2, 0.25) is 0 Å². The Hall–Kier alpha value is -2.47. The van der Waals surface area contributed by atoms with Crippen LogP contribution in [0.15, 0.2) is 47.9 Å². The summed E-state index contributed by atoms with van der Waals surface area (Å²) in [5, 5.41) is 8.93. The van der Waals surface area contributed by atoms with E-state index in [0.29, 0.717) is 11.5 Å². The molecule has 0 aliphatic heterocycles. The van der Waals surface area contributed by atoms with Crippen LogP contribution in [-0.4, -0.2) is 20.5 Å². The van der Waals surface area contributed by atoms with Crippen LogP contribution in [0.1, 0.15) is 6.92 Å². The number of fused-ring (bicyclic) bond motifs is 1. The maximum Gasteiger partial charge on any atom is 0.253 e. The van der Waals surface area contributed by atoms with Crippen LogP contribution < -0.4 is 5.32 Å². The molecule has 0 fully saturated rings. The molecule has 3 aromatic rings. The largest absolute Gasteiger partial charge is 0.289 e. The maximum atomic E-state index is 11.6. The van der Waals surface area contributed by atoms with E-state index in [1.165, 1.54) is 11.3 Å². The van der Waals surface area contributed by atoms with Gasteiger partial charge in [-0.25, -0.2) is 4.52 Å². The molecule has 2 aromatic heterocycles. The van der Waals surface area contributed by atoms with Gasteiger partial charge in [0.2, 0.25) is 4.96 Å². The minimum atomic E-state index is -0.274. The molecule has 100 valence electrons. The van der Waals surface area contributed by atoms with Gasteiger partial charge in [-0.3, -0.25) is 10.1 Å². The second-order valence-corrected chi connectivity index (χ2v) is 5.19. The first-order valence-electron chi connectivity index (χ1n) is 6.01. The highest BCUT2D eigenvalue weighted by molar-refractivity contribution is 7.15. The lowest BCUT2D eigenvalue weighted by molar-refractivity contribution is -0.112. The Morgan fingerprint density at radius 1 is 1.35 bits per heavy atom. The van der Waals surface area contributed by atoms with Crippen LogP contribution >= 0.6 is 11.3 Å². The van der Waals surface area contributed by atoms with Crippen molar-refractivity contribution >= 4 is 28.2 Å². The van der Waals surface area contributed by atoms with Crippen LogP contribution in [0, 0.1) is 0 Å². The van der Waals surface area contributed by atoms with Crippen molar-refractivity contribution in [1.29, 1.82) is 0 Å². The third kappa shape index (κ3) is 2.21. The van der Waals surface area contributed by atoms with Crippen molar-refractivity contribution in [3.05, 3.63) is 47.9 Å². The summed E-state index contributed by atoms with van der Waals surface area (Å²) in [6, 6.07) is 9.93. The molecule has 0 spiro atoms. The highest BCUT2D eigenvalue weighted by atomic mass is 32.1. The number of amides is 1. The molecule has 3 rings (SSSR count). The molecule has 1 aromatic carbocycles. The first kappa shape index (κ1) is 12.6. The van der Waals surface area contributed by atoms with Crippen LogP contribution in [0.25, 0.3) is 16.2 Å². The molecule has 0 atom stereocenters. The first-order valence-corrected chi connectivity index (χ1v) is 6.89. The first-order chi connectivity index (χ1) is 9.65. The summed E-state index contributed by atoms with van der Waals surface area (Å²) >= 11 is 1.48. The Morgan fingerprint density at radius 3 is 2.80 bits per heavy atom. The van der Waals surface area contributed by atoms with Gasteiger partial charge in [0.15, 0.2) is 0 Å². The Bertz CT molecular complexity index is 788. The van der Waals surface area contributed by atoms with Crippen LogP contribution in [-0.2, 0) is 4.79 Å². The Morgan fingerprint density at radius 2 is 2.10 bits per heavy atom. The van der Waals surface area contributed by atoms with Crippen molar-refractivity contribution in [1.82, 2.24) is 14.6 Å². The van der Waals surface area contributed by atoms with Crippen molar-refractivity contribution in [3.63, 3.8) is 0 Å². The van der Waals surface area contributed by atoms with E-state index < -0.39 is 0 Å². The molecular weight excluding hydrogens is 272 g/mol. The second kappa shape index (κ2) is 4.90. The van der Waals surface area contributed by atoms with E-state index in [4.69, 9.17) is 0 Å². The van der Waals surface area contributed by atoms with Gasteiger partial charge in [0.1, 0.15) is 0 Å². The fourth-order valence-corrected chi connectivity index (χ4v) is 2.58. The zero-order valence-electron chi connectivity index (χ0n) is 10.8. The van der Waals surface area contributed by atoms with E-state index in [0.717, 1.165) is 16.2 Å². The molecule has 0 saturated heterocycles. The zero-order valence-corrected chi connectivity index (χ0v) is 11.6. The number of hydrogen-bond donors (Lipinski definition) is 1. The van der Waals surface area contributed by atoms with E-state index in [-0.39, 0.29) is 5.91 Å². The fraction of sp³-hybridized carbons (Fsp3) is 0.0714. The Labute approximate surface area is 119 Å². The summed E-state index contributed by atoms with van der Waals surface area (Å²) in [4.78, 5) is 16.6. The molecule has 5 nitrogen and oxygen atoms in total. The fourth-order valence-electron chi connectivity index (χ4n) is 1.75. The molecular formula is C14H12N4OS. The van der Waals surface area contributed by atoms with Gasteiger partial charge in [-0.2, -0.15) is 4.98 Å². The third-order valence-electron chi connectivity index (χ3n) is 2.76. The van der Waals surface area contributed by atoms with Crippen LogP contribution in [0.4, 0.5) is 5.95 Å². The number of nitrogens with one attached hydrogen (secondary N) is 1. The lowest BCUT2D eigenvalue weighted by Crippen LogP contribution is -2.13. The van der Waals surface area contributed by atoms with Gasteiger partial charge in [-0.15, -0.1) is 16.4 Å². The van der Waals surface area contributed by atoms with Crippen molar-refractivity contribution in [2.24, 2.45) is 0 Å². The number of thiazole rings is 1. The molecule has 1 N–H and O–H groups in total. The van der Waals surface area contributed by atoms with Gasteiger partial charge in [-0.1, -0.05) is 36.9 Å². The molecule has 0 aliphatic rings. The lowest BCUT2D eigenvalue weighted by atomic mass is 10.2. The molecule has 2 heterocycles. The number of rotatable bonds is 3. The molecule has 6 heteroatoms. The average molecular weight is 284 g/mol. The summed E-state index contributed by atoms with van der Waals surface area (Å²) in [6.45, 7) is 5.23. The van der Waals surface area contributed by atoms with E-state index in [1.807, 2.05) is 35.7 Å². The summed E-state index contributed by atoms with van der Waals surface area (Å²) in [5.74, 6) is 0.0199. The van der Waals surface area contributed by atoms with Crippen LogP contribution in [0.5, 0.6) is 0 Å². The minimum absolute atomic E-state index is 0.274. The molecule has 0 saturated carbocycles. The second-order valence-electron chi connectivity index (χ2n) is 4.35. The molecule has 0 radical (unpaired) electrons. The van der Waals surface area contributed by atoms with Gasteiger partial charge >= 0.3 is 0 Å². The number of benzene rings is 1. The summed E-state index contributed by atoms with van der Waals surface area (Å²) in [5.41, 5.74) is 2.43. The highest BCUT2D eigenvalue weighted by Crippen LogP contribution is 2.25. The molecule has 1 amide bonds. The number of anilines is 1. The maximum absolute atomic E-state index is 11.6. The molecule has 0 aliphatic carbocycles. The van der Waals surface area contributed by atoms with Gasteiger partial charge in [0.25, 0.3) is 11.9 Å². The van der Waals surface area contributed by atoms with E-state index in [1.54, 1.807) is 11.4 Å². The Kier molecular flexibility index (Phi) is 3.08. The number of carbonyl (C=O) groups is 1. The zero-order chi connectivity index (χ0) is 14.1. The number of aromatic nitrogens is 3. The quantitative estimate of drug-likeness (QED) is 0.752.